The van der Waals surface area contributed by atoms with E-state index in [-0.39, 0.29) is 12.5 Å². The van der Waals surface area contributed by atoms with Crippen LogP contribution in [0.3, 0.4) is 0 Å². The molecule has 5 nitrogen and oxygen atoms in total. The first-order valence-electron chi connectivity index (χ1n) is 8.45. The van der Waals surface area contributed by atoms with Crippen molar-refractivity contribution in [2.75, 3.05) is 0 Å². The second kappa shape index (κ2) is 7.75. The summed E-state index contributed by atoms with van der Waals surface area (Å²) in [6.07, 6.45) is -4.39. The highest BCUT2D eigenvalue weighted by Gasteiger charge is 2.30. The van der Waals surface area contributed by atoms with Crippen LogP contribution < -0.4 is 10.1 Å². The molecule has 0 unspecified atom stereocenters. The number of carbonyl (C=O) groups is 1. The molecule has 8 heteroatoms. The molecule has 0 saturated carbocycles. The molecule has 0 aliphatic heterocycles. The molecule has 0 spiro atoms. The van der Waals surface area contributed by atoms with Gasteiger partial charge in [-0.05, 0) is 55.0 Å². The van der Waals surface area contributed by atoms with Gasteiger partial charge in [0.25, 0.3) is 5.91 Å². The van der Waals surface area contributed by atoms with E-state index in [0.717, 1.165) is 23.4 Å². The standard InChI is InChI=1S/C20H18F3N3O2/c1-13-10-18(26(2)25-13)19(27)24-12-14-4-3-5-17(11-14)28-16-8-6-15(7-9-16)20(21,22)23/h3-11H,12H2,1-2H3,(H,24,27). The third kappa shape index (κ3) is 4.70. The number of nitrogens with one attached hydrogen (secondary N) is 1. The van der Waals surface area contributed by atoms with Gasteiger partial charge in [-0.1, -0.05) is 12.1 Å². The first kappa shape index (κ1) is 19.5. The zero-order chi connectivity index (χ0) is 20.3. The molecule has 1 N–H and O–H groups in total. The van der Waals surface area contributed by atoms with Crippen LogP contribution in [0.4, 0.5) is 13.2 Å². The first-order valence-corrected chi connectivity index (χ1v) is 8.45. The van der Waals surface area contributed by atoms with Crippen LogP contribution in [0.2, 0.25) is 0 Å². The Morgan fingerprint density at radius 2 is 1.82 bits per heavy atom. The second-order valence-electron chi connectivity index (χ2n) is 6.25. The van der Waals surface area contributed by atoms with Crippen LogP contribution in [0.1, 0.15) is 27.3 Å². The summed E-state index contributed by atoms with van der Waals surface area (Å²) in [5, 5.41) is 6.94. The number of nitrogens with zero attached hydrogens (tertiary/aromatic N) is 2. The number of hydrogen-bond donors (Lipinski definition) is 1. The number of carbonyl (C=O) groups excluding carboxylic acids is 1. The van der Waals surface area contributed by atoms with E-state index >= 15 is 0 Å². The lowest BCUT2D eigenvalue weighted by Gasteiger charge is -2.10. The van der Waals surface area contributed by atoms with Crippen LogP contribution >= 0.6 is 0 Å². The molecular weight excluding hydrogens is 371 g/mol. The van der Waals surface area contributed by atoms with Crippen molar-refractivity contribution >= 4 is 5.91 Å². The number of ether oxygens (including phenoxy) is 1. The fourth-order valence-electron chi connectivity index (χ4n) is 2.66. The average Bonchev–Trinajstić information content (AvgIpc) is 2.98. The number of aryl methyl sites for hydroxylation is 2. The van der Waals surface area contributed by atoms with Crippen molar-refractivity contribution in [2.45, 2.75) is 19.6 Å². The molecule has 0 aliphatic rings. The summed E-state index contributed by atoms with van der Waals surface area (Å²) in [5.74, 6) is 0.500. The molecule has 0 radical (unpaired) electrons. The predicted molar refractivity (Wildman–Crippen MR) is 97.1 cm³/mol. The average molecular weight is 389 g/mol. The van der Waals surface area contributed by atoms with Crippen LogP contribution in [-0.2, 0) is 19.8 Å². The molecule has 146 valence electrons. The second-order valence-corrected chi connectivity index (χ2v) is 6.25. The highest BCUT2D eigenvalue weighted by Crippen LogP contribution is 2.31. The van der Waals surface area contributed by atoms with Crippen molar-refractivity contribution in [1.82, 2.24) is 15.1 Å². The van der Waals surface area contributed by atoms with E-state index < -0.39 is 11.7 Å². The Morgan fingerprint density at radius 1 is 1.11 bits per heavy atom. The van der Waals surface area contributed by atoms with Crippen molar-refractivity contribution in [3.8, 4) is 11.5 Å². The summed E-state index contributed by atoms with van der Waals surface area (Å²) in [7, 11) is 1.69. The minimum absolute atomic E-state index is 0.253. The Labute approximate surface area is 159 Å². The van der Waals surface area contributed by atoms with Crippen LogP contribution in [0.15, 0.2) is 54.6 Å². The largest absolute Gasteiger partial charge is 0.457 e. The maximum Gasteiger partial charge on any atom is 0.416 e. The third-order valence-electron chi connectivity index (χ3n) is 4.00. The number of amides is 1. The van der Waals surface area contributed by atoms with Crippen molar-refractivity contribution in [1.29, 1.82) is 0 Å². The molecule has 3 aromatic rings. The van der Waals surface area contributed by atoms with E-state index in [4.69, 9.17) is 4.74 Å². The summed E-state index contributed by atoms with van der Waals surface area (Å²) in [6.45, 7) is 2.08. The molecular formula is C20H18F3N3O2. The van der Waals surface area contributed by atoms with Gasteiger partial charge >= 0.3 is 6.18 Å². The van der Waals surface area contributed by atoms with Crippen LogP contribution in [0.25, 0.3) is 0 Å². The van der Waals surface area contributed by atoms with Crippen LogP contribution in [0.5, 0.6) is 11.5 Å². The number of rotatable bonds is 5. The monoisotopic (exact) mass is 389 g/mol. The topological polar surface area (TPSA) is 56.1 Å². The Kier molecular flexibility index (Phi) is 5.39. The van der Waals surface area contributed by atoms with Crippen LogP contribution in [-0.4, -0.2) is 15.7 Å². The lowest BCUT2D eigenvalue weighted by molar-refractivity contribution is -0.137. The highest BCUT2D eigenvalue weighted by molar-refractivity contribution is 5.92. The van der Waals surface area contributed by atoms with Gasteiger partial charge in [0.15, 0.2) is 0 Å². The maximum absolute atomic E-state index is 12.6. The zero-order valence-electron chi connectivity index (χ0n) is 15.2. The molecule has 0 atom stereocenters. The highest BCUT2D eigenvalue weighted by atomic mass is 19.4. The Bertz CT molecular complexity index is 979. The Balaban J connectivity index is 1.64. The SMILES string of the molecule is Cc1cc(C(=O)NCc2cccc(Oc3ccc(C(F)(F)F)cc3)c2)n(C)n1. The van der Waals surface area contributed by atoms with Crippen LogP contribution in [0, 0.1) is 6.92 Å². The molecule has 2 aromatic carbocycles. The van der Waals surface area contributed by atoms with E-state index in [2.05, 4.69) is 10.4 Å². The molecule has 0 fully saturated rings. The summed E-state index contributed by atoms with van der Waals surface area (Å²) in [6, 6.07) is 13.1. The van der Waals surface area contributed by atoms with E-state index in [0.29, 0.717) is 17.2 Å². The minimum atomic E-state index is -4.39. The molecule has 1 heterocycles. The number of hydrogen-bond acceptors (Lipinski definition) is 3. The minimum Gasteiger partial charge on any atom is -0.457 e. The maximum atomic E-state index is 12.6. The lowest BCUT2D eigenvalue weighted by Crippen LogP contribution is -2.25. The predicted octanol–water partition coefficient (Wildman–Crippen LogP) is 4.47. The van der Waals surface area contributed by atoms with Gasteiger partial charge in [-0.25, -0.2) is 0 Å². The normalized spacial score (nSPS) is 11.3. The van der Waals surface area contributed by atoms with Gasteiger partial charge in [-0.2, -0.15) is 18.3 Å². The smallest absolute Gasteiger partial charge is 0.416 e. The van der Waals surface area contributed by atoms with Gasteiger partial charge in [0.05, 0.1) is 11.3 Å². The van der Waals surface area contributed by atoms with Gasteiger partial charge in [0, 0.05) is 13.6 Å². The number of aromatic nitrogens is 2. The fourth-order valence-corrected chi connectivity index (χ4v) is 2.66. The fraction of sp³-hybridized carbons (Fsp3) is 0.200. The number of benzene rings is 2. The Hall–Kier alpha value is -3.29. The van der Waals surface area contributed by atoms with Gasteiger partial charge in [-0.15, -0.1) is 0 Å². The summed E-state index contributed by atoms with van der Waals surface area (Å²) in [5.41, 5.74) is 1.26. The van der Waals surface area contributed by atoms with Crippen molar-refractivity contribution in [3.63, 3.8) is 0 Å². The zero-order valence-corrected chi connectivity index (χ0v) is 15.2. The molecule has 28 heavy (non-hydrogen) atoms. The van der Waals surface area contributed by atoms with E-state index in [1.807, 2.05) is 6.07 Å². The summed E-state index contributed by atoms with van der Waals surface area (Å²) in [4.78, 5) is 12.2. The van der Waals surface area contributed by atoms with E-state index in [9.17, 15) is 18.0 Å². The Morgan fingerprint density at radius 3 is 2.43 bits per heavy atom. The van der Waals surface area contributed by atoms with Crippen molar-refractivity contribution in [3.05, 3.63) is 77.1 Å². The van der Waals surface area contributed by atoms with Gasteiger partial charge < -0.3 is 10.1 Å². The summed E-state index contributed by atoms with van der Waals surface area (Å²) < 4.78 is 45.0. The molecule has 1 amide bonds. The molecule has 1 aromatic heterocycles. The summed E-state index contributed by atoms with van der Waals surface area (Å²) >= 11 is 0. The molecule has 3 rings (SSSR count). The van der Waals surface area contributed by atoms with Crippen molar-refractivity contribution in [2.24, 2.45) is 7.05 Å². The lowest BCUT2D eigenvalue weighted by atomic mass is 10.2. The van der Waals surface area contributed by atoms with Gasteiger partial charge in [-0.3, -0.25) is 9.48 Å². The molecule has 0 saturated heterocycles. The van der Waals surface area contributed by atoms with Gasteiger partial charge in [0.1, 0.15) is 17.2 Å². The first-order chi connectivity index (χ1) is 13.2. The molecule has 0 bridgehead atoms. The van der Waals surface area contributed by atoms with Crippen molar-refractivity contribution < 1.29 is 22.7 Å². The third-order valence-corrected chi connectivity index (χ3v) is 4.00. The van der Waals surface area contributed by atoms with Gasteiger partial charge in [0.2, 0.25) is 0 Å². The van der Waals surface area contributed by atoms with E-state index in [1.165, 1.54) is 16.8 Å². The number of alkyl halides is 3. The quantitative estimate of drug-likeness (QED) is 0.701. The van der Waals surface area contributed by atoms with E-state index in [1.54, 1.807) is 38.2 Å². The molecule has 0 aliphatic carbocycles. The number of halogens is 3.